The highest BCUT2D eigenvalue weighted by Crippen LogP contribution is 2.42. The van der Waals surface area contributed by atoms with Crippen molar-refractivity contribution < 1.29 is 0 Å². The maximum atomic E-state index is 4.62. The van der Waals surface area contributed by atoms with Gasteiger partial charge in [-0.15, -0.1) is 0 Å². The number of aromatic nitrogens is 1. The van der Waals surface area contributed by atoms with E-state index in [1.54, 1.807) is 0 Å². The monoisotopic (exact) mass is 201 g/mol. The third kappa shape index (κ3) is 1.68. The molecule has 0 N–H and O–H groups in total. The molecule has 80 valence electrons. The first-order chi connectivity index (χ1) is 7.45. The highest BCUT2D eigenvalue weighted by Gasteiger charge is 2.31. The van der Waals surface area contributed by atoms with Gasteiger partial charge in [-0.25, -0.2) is 0 Å². The number of aryl methyl sites for hydroxylation is 1. The maximum Gasteiger partial charge on any atom is 0.0469 e. The van der Waals surface area contributed by atoms with E-state index in [2.05, 4.69) is 17.1 Å². The molecule has 1 heteroatoms. The molecule has 1 nitrogen and oxygen atoms in total. The van der Waals surface area contributed by atoms with Crippen molar-refractivity contribution in [2.24, 2.45) is 5.92 Å². The molecular weight excluding hydrogens is 182 g/mol. The summed E-state index contributed by atoms with van der Waals surface area (Å²) >= 11 is 0. The lowest BCUT2D eigenvalue weighted by Gasteiger charge is -2.27. The largest absolute Gasteiger partial charge is 0.261 e. The fourth-order valence-corrected chi connectivity index (χ4v) is 3.44. The molecule has 15 heavy (non-hydrogen) atoms. The van der Waals surface area contributed by atoms with Crippen LogP contribution in [0.25, 0.3) is 0 Å². The summed E-state index contributed by atoms with van der Waals surface area (Å²) in [5.74, 6) is 1.73. The Kier molecular flexibility index (Phi) is 2.47. The van der Waals surface area contributed by atoms with Gasteiger partial charge in [0.15, 0.2) is 0 Å². The van der Waals surface area contributed by atoms with Crippen LogP contribution in [0.5, 0.6) is 0 Å². The molecule has 0 aliphatic heterocycles. The summed E-state index contributed by atoms with van der Waals surface area (Å²) in [5, 5.41) is 0. The van der Waals surface area contributed by atoms with Crippen molar-refractivity contribution in [1.29, 1.82) is 0 Å². The molecule has 1 atom stereocenters. The van der Waals surface area contributed by atoms with Gasteiger partial charge in [-0.2, -0.15) is 0 Å². The van der Waals surface area contributed by atoms with Crippen LogP contribution in [0, 0.1) is 5.92 Å². The topological polar surface area (TPSA) is 12.9 Å². The zero-order valence-corrected chi connectivity index (χ0v) is 9.28. The van der Waals surface area contributed by atoms with E-state index in [-0.39, 0.29) is 0 Å². The van der Waals surface area contributed by atoms with E-state index in [1.165, 1.54) is 56.2 Å². The van der Waals surface area contributed by atoms with Gasteiger partial charge < -0.3 is 0 Å². The Morgan fingerprint density at radius 2 is 1.93 bits per heavy atom. The predicted octanol–water partition coefficient (Wildman–Crippen LogP) is 3.69. The summed E-state index contributed by atoms with van der Waals surface area (Å²) < 4.78 is 0. The minimum atomic E-state index is 0.793. The molecule has 0 saturated heterocycles. The number of nitrogens with zero attached hydrogens (tertiary/aromatic N) is 1. The zero-order valence-electron chi connectivity index (χ0n) is 9.28. The summed E-state index contributed by atoms with van der Waals surface area (Å²) in [6, 6.07) is 4.35. The van der Waals surface area contributed by atoms with Crippen LogP contribution in [0.3, 0.4) is 0 Å². The number of rotatable bonds is 1. The quantitative estimate of drug-likeness (QED) is 0.675. The summed E-state index contributed by atoms with van der Waals surface area (Å²) in [6.07, 6.45) is 11.8. The second-order valence-electron chi connectivity index (χ2n) is 5.09. The third-order valence-corrected chi connectivity index (χ3v) is 4.22. The highest BCUT2D eigenvalue weighted by atomic mass is 14.7. The fourth-order valence-electron chi connectivity index (χ4n) is 3.44. The van der Waals surface area contributed by atoms with Crippen molar-refractivity contribution in [3.63, 3.8) is 0 Å². The summed E-state index contributed by atoms with van der Waals surface area (Å²) in [7, 11) is 0. The molecule has 1 heterocycles. The Morgan fingerprint density at radius 1 is 1.07 bits per heavy atom. The SMILES string of the molecule is c1cnc2c(c1)CCC2C1CCCCC1. The van der Waals surface area contributed by atoms with Gasteiger partial charge in [-0.05, 0) is 43.2 Å². The molecule has 1 fully saturated rings. The van der Waals surface area contributed by atoms with E-state index in [4.69, 9.17) is 0 Å². The number of hydrogen-bond acceptors (Lipinski definition) is 1. The standard InChI is InChI=1S/C14H19N/c1-2-5-11(6-3-1)13-9-8-12-7-4-10-15-14(12)13/h4,7,10-11,13H,1-3,5-6,8-9H2. The summed E-state index contributed by atoms with van der Waals surface area (Å²) in [5.41, 5.74) is 2.96. The molecule has 1 unspecified atom stereocenters. The molecule has 0 radical (unpaired) electrons. The van der Waals surface area contributed by atoms with Gasteiger partial charge in [-0.1, -0.05) is 25.3 Å². The number of fused-ring (bicyclic) bond motifs is 1. The fraction of sp³-hybridized carbons (Fsp3) is 0.643. The van der Waals surface area contributed by atoms with Crippen LogP contribution in [-0.4, -0.2) is 4.98 Å². The summed E-state index contributed by atoms with van der Waals surface area (Å²) in [4.78, 5) is 4.62. The van der Waals surface area contributed by atoms with Gasteiger partial charge in [0.1, 0.15) is 0 Å². The molecular formula is C14H19N. The minimum absolute atomic E-state index is 0.793. The molecule has 0 amide bonds. The van der Waals surface area contributed by atoms with E-state index < -0.39 is 0 Å². The predicted molar refractivity (Wildman–Crippen MR) is 61.9 cm³/mol. The van der Waals surface area contributed by atoms with Gasteiger partial charge in [0.25, 0.3) is 0 Å². The van der Waals surface area contributed by atoms with E-state index in [0.29, 0.717) is 0 Å². The normalized spacial score (nSPS) is 26.5. The van der Waals surface area contributed by atoms with Crippen molar-refractivity contribution in [2.45, 2.75) is 50.9 Å². The molecule has 2 aliphatic rings. The van der Waals surface area contributed by atoms with Crippen LogP contribution < -0.4 is 0 Å². The molecule has 0 bridgehead atoms. The molecule has 2 aliphatic carbocycles. The maximum absolute atomic E-state index is 4.62. The Hall–Kier alpha value is -0.850. The van der Waals surface area contributed by atoms with Gasteiger partial charge in [0.05, 0.1) is 0 Å². The van der Waals surface area contributed by atoms with Crippen molar-refractivity contribution in [1.82, 2.24) is 4.98 Å². The second kappa shape index (κ2) is 3.96. The second-order valence-corrected chi connectivity index (χ2v) is 5.09. The van der Waals surface area contributed by atoms with Crippen LogP contribution in [0.4, 0.5) is 0 Å². The zero-order chi connectivity index (χ0) is 10.1. The Bertz CT molecular complexity index is 339. The smallest absolute Gasteiger partial charge is 0.0469 e. The number of pyridine rings is 1. The Labute approximate surface area is 91.9 Å². The lowest BCUT2D eigenvalue weighted by molar-refractivity contribution is 0.300. The van der Waals surface area contributed by atoms with E-state index in [0.717, 1.165) is 11.8 Å². The average Bonchev–Trinajstić information content (AvgIpc) is 2.74. The molecule has 0 aromatic carbocycles. The summed E-state index contributed by atoms with van der Waals surface area (Å²) in [6.45, 7) is 0. The van der Waals surface area contributed by atoms with Crippen molar-refractivity contribution in [3.05, 3.63) is 29.6 Å². The van der Waals surface area contributed by atoms with Gasteiger partial charge in [0, 0.05) is 17.8 Å². The minimum Gasteiger partial charge on any atom is -0.261 e. The van der Waals surface area contributed by atoms with E-state index in [9.17, 15) is 0 Å². The first kappa shape index (κ1) is 9.38. The Morgan fingerprint density at radius 3 is 2.80 bits per heavy atom. The first-order valence-electron chi connectivity index (χ1n) is 6.39. The van der Waals surface area contributed by atoms with E-state index in [1.807, 2.05) is 6.20 Å². The van der Waals surface area contributed by atoms with Crippen LogP contribution in [0.2, 0.25) is 0 Å². The van der Waals surface area contributed by atoms with Crippen LogP contribution in [0.15, 0.2) is 18.3 Å². The molecule has 0 spiro atoms. The number of hydrogen-bond donors (Lipinski definition) is 0. The van der Waals surface area contributed by atoms with Gasteiger partial charge in [-0.3, -0.25) is 4.98 Å². The van der Waals surface area contributed by atoms with Gasteiger partial charge >= 0.3 is 0 Å². The Balaban J connectivity index is 1.83. The first-order valence-corrected chi connectivity index (χ1v) is 6.39. The average molecular weight is 201 g/mol. The van der Waals surface area contributed by atoms with Crippen molar-refractivity contribution in [2.75, 3.05) is 0 Å². The highest BCUT2D eigenvalue weighted by molar-refractivity contribution is 5.29. The molecule has 1 saturated carbocycles. The van der Waals surface area contributed by atoms with Gasteiger partial charge in [0.2, 0.25) is 0 Å². The van der Waals surface area contributed by atoms with E-state index >= 15 is 0 Å². The van der Waals surface area contributed by atoms with Crippen molar-refractivity contribution in [3.8, 4) is 0 Å². The van der Waals surface area contributed by atoms with Crippen LogP contribution in [-0.2, 0) is 6.42 Å². The lowest BCUT2D eigenvalue weighted by Crippen LogP contribution is -2.15. The molecule has 3 rings (SSSR count). The molecule has 1 aromatic heterocycles. The molecule has 1 aromatic rings. The lowest BCUT2D eigenvalue weighted by atomic mass is 9.79. The van der Waals surface area contributed by atoms with Crippen LogP contribution in [0.1, 0.15) is 55.7 Å². The third-order valence-electron chi connectivity index (χ3n) is 4.22. The van der Waals surface area contributed by atoms with Crippen molar-refractivity contribution >= 4 is 0 Å². The van der Waals surface area contributed by atoms with Crippen LogP contribution >= 0.6 is 0 Å².